The summed E-state index contributed by atoms with van der Waals surface area (Å²) < 4.78 is 0. The number of carboxylic acids is 1. The molecule has 0 bridgehead atoms. The van der Waals surface area contributed by atoms with Gasteiger partial charge in [-0.05, 0) is 44.7 Å². The van der Waals surface area contributed by atoms with Gasteiger partial charge >= 0.3 is 5.97 Å². The van der Waals surface area contributed by atoms with Gasteiger partial charge in [0, 0.05) is 19.6 Å². The summed E-state index contributed by atoms with van der Waals surface area (Å²) in [6, 6.07) is 0.297. The molecule has 3 heterocycles. The van der Waals surface area contributed by atoms with Crippen LogP contribution in [0.15, 0.2) is 5.10 Å². The minimum Gasteiger partial charge on any atom is -0.481 e. The Bertz CT molecular complexity index is 530. The summed E-state index contributed by atoms with van der Waals surface area (Å²) in [6.07, 6.45) is 4.25. The molecule has 3 aliphatic heterocycles. The molecule has 1 atom stereocenters. The standard InChI is InChI=1S/C16H27N5O3S/c17-14(24)15-19-21(16(25-15)11-1-6-18-7-2-11)12-3-8-20(9-4-12)10-5-13(22)23/h11-12,16,18H,1-10H2,(H2,17,24)(H,22,23). The zero-order chi connectivity index (χ0) is 17.8. The summed E-state index contributed by atoms with van der Waals surface area (Å²) >= 11 is 1.52. The first-order valence-electron chi connectivity index (χ1n) is 9.03. The molecule has 2 fully saturated rings. The van der Waals surface area contributed by atoms with Gasteiger partial charge in [0.25, 0.3) is 5.91 Å². The fraction of sp³-hybridized carbons (Fsp3) is 0.812. The van der Waals surface area contributed by atoms with Crippen molar-refractivity contribution in [2.75, 3.05) is 32.7 Å². The number of amides is 1. The first-order chi connectivity index (χ1) is 12.0. The van der Waals surface area contributed by atoms with Gasteiger partial charge < -0.3 is 21.1 Å². The summed E-state index contributed by atoms with van der Waals surface area (Å²) in [7, 11) is 0. The van der Waals surface area contributed by atoms with Crippen LogP contribution in [0.3, 0.4) is 0 Å². The Morgan fingerprint density at radius 3 is 2.52 bits per heavy atom. The molecule has 1 amide bonds. The fourth-order valence-corrected chi connectivity index (χ4v) is 5.13. The number of nitrogens with zero attached hydrogens (tertiary/aromatic N) is 3. The number of thioether (sulfide) groups is 1. The van der Waals surface area contributed by atoms with Crippen LogP contribution in [0.1, 0.15) is 32.1 Å². The number of likely N-dealkylation sites (tertiary alicyclic amines) is 1. The minimum atomic E-state index is -0.750. The van der Waals surface area contributed by atoms with E-state index in [0.29, 0.717) is 23.5 Å². The monoisotopic (exact) mass is 369 g/mol. The van der Waals surface area contributed by atoms with Gasteiger partial charge in [0.2, 0.25) is 0 Å². The Labute approximate surface area is 152 Å². The number of nitrogens with two attached hydrogens (primary N) is 1. The van der Waals surface area contributed by atoms with Crippen molar-refractivity contribution in [2.45, 2.75) is 43.5 Å². The van der Waals surface area contributed by atoms with Crippen LogP contribution in [0, 0.1) is 5.92 Å². The predicted molar refractivity (Wildman–Crippen MR) is 97.2 cm³/mol. The van der Waals surface area contributed by atoms with Crippen molar-refractivity contribution in [1.82, 2.24) is 15.2 Å². The van der Waals surface area contributed by atoms with Gasteiger partial charge in [0.15, 0.2) is 5.04 Å². The third kappa shape index (κ3) is 4.65. The van der Waals surface area contributed by atoms with E-state index in [1.54, 1.807) is 0 Å². The van der Waals surface area contributed by atoms with E-state index in [-0.39, 0.29) is 11.8 Å². The van der Waals surface area contributed by atoms with Gasteiger partial charge in [-0.15, -0.1) is 0 Å². The fourth-order valence-electron chi connectivity index (χ4n) is 3.85. The van der Waals surface area contributed by atoms with E-state index < -0.39 is 11.9 Å². The maximum absolute atomic E-state index is 11.6. The minimum absolute atomic E-state index is 0.186. The van der Waals surface area contributed by atoms with Crippen molar-refractivity contribution < 1.29 is 14.7 Å². The van der Waals surface area contributed by atoms with E-state index >= 15 is 0 Å². The van der Waals surface area contributed by atoms with Gasteiger partial charge in [-0.2, -0.15) is 5.10 Å². The van der Waals surface area contributed by atoms with Crippen molar-refractivity contribution >= 4 is 28.7 Å². The van der Waals surface area contributed by atoms with Crippen LogP contribution in [0.4, 0.5) is 0 Å². The molecule has 8 nitrogen and oxygen atoms in total. The summed E-state index contributed by atoms with van der Waals surface area (Å²) in [6.45, 7) is 4.37. The maximum atomic E-state index is 11.6. The molecule has 3 aliphatic rings. The SMILES string of the molecule is NC(=O)C1=NN(C2CCN(CCC(=O)O)CC2)C(C2CCNCC2)S1. The topological polar surface area (TPSA) is 111 Å². The summed E-state index contributed by atoms with van der Waals surface area (Å²) in [5.41, 5.74) is 5.48. The van der Waals surface area contributed by atoms with Crippen LogP contribution in [0.5, 0.6) is 0 Å². The van der Waals surface area contributed by atoms with E-state index in [4.69, 9.17) is 10.8 Å². The van der Waals surface area contributed by atoms with E-state index in [0.717, 1.165) is 51.9 Å². The van der Waals surface area contributed by atoms with E-state index in [9.17, 15) is 9.59 Å². The Morgan fingerprint density at radius 2 is 1.92 bits per heavy atom. The highest BCUT2D eigenvalue weighted by molar-refractivity contribution is 8.16. The molecule has 2 saturated heterocycles. The molecular weight excluding hydrogens is 342 g/mol. The number of hydrazone groups is 1. The van der Waals surface area contributed by atoms with E-state index in [1.807, 2.05) is 0 Å². The molecule has 0 aromatic carbocycles. The Morgan fingerprint density at radius 1 is 1.24 bits per heavy atom. The van der Waals surface area contributed by atoms with Crippen molar-refractivity contribution in [3.05, 3.63) is 0 Å². The van der Waals surface area contributed by atoms with Gasteiger partial charge in [0.05, 0.1) is 12.5 Å². The first-order valence-corrected chi connectivity index (χ1v) is 9.91. The lowest BCUT2D eigenvalue weighted by molar-refractivity contribution is -0.137. The number of carbonyl (C=O) groups excluding carboxylic acids is 1. The number of rotatable bonds is 6. The predicted octanol–water partition coefficient (Wildman–Crippen LogP) is 0.0988. The number of carboxylic acid groups (broad SMARTS) is 1. The second-order valence-corrected chi connectivity index (χ2v) is 8.07. The highest BCUT2D eigenvalue weighted by Crippen LogP contribution is 2.38. The number of carbonyl (C=O) groups is 2. The second kappa shape index (κ2) is 8.37. The lowest BCUT2D eigenvalue weighted by Crippen LogP contribution is -2.48. The van der Waals surface area contributed by atoms with Gasteiger partial charge in [0.1, 0.15) is 5.37 Å². The molecule has 140 valence electrons. The van der Waals surface area contributed by atoms with Crippen LogP contribution < -0.4 is 11.1 Å². The Balaban J connectivity index is 1.61. The summed E-state index contributed by atoms with van der Waals surface area (Å²) in [4.78, 5) is 24.6. The number of primary amides is 1. The molecular formula is C16H27N5O3S. The van der Waals surface area contributed by atoms with Crippen LogP contribution in [-0.2, 0) is 9.59 Å². The number of piperidine rings is 2. The van der Waals surface area contributed by atoms with Crippen molar-refractivity contribution in [3.8, 4) is 0 Å². The molecule has 0 aromatic rings. The molecule has 3 rings (SSSR count). The van der Waals surface area contributed by atoms with E-state index in [1.165, 1.54) is 11.8 Å². The molecule has 0 aliphatic carbocycles. The highest BCUT2D eigenvalue weighted by Gasteiger charge is 2.40. The quantitative estimate of drug-likeness (QED) is 0.609. The summed E-state index contributed by atoms with van der Waals surface area (Å²) in [5, 5.41) is 19.5. The number of aliphatic carboxylic acids is 1. The average Bonchev–Trinajstić information content (AvgIpc) is 3.07. The third-order valence-electron chi connectivity index (χ3n) is 5.27. The molecule has 0 aromatic heterocycles. The zero-order valence-electron chi connectivity index (χ0n) is 14.4. The second-order valence-electron chi connectivity index (χ2n) is 6.96. The maximum Gasteiger partial charge on any atom is 0.304 e. The Kier molecular flexibility index (Phi) is 6.19. The molecule has 0 saturated carbocycles. The van der Waals surface area contributed by atoms with E-state index in [2.05, 4.69) is 20.3 Å². The molecule has 0 radical (unpaired) electrons. The van der Waals surface area contributed by atoms with Crippen molar-refractivity contribution in [1.29, 1.82) is 0 Å². The molecule has 4 N–H and O–H groups in total. The van der Waals surface area contributed by atoms with Crippen LogP contribution in [0.2, 0.25) is 0 Å². The molecule has 0 spiro atoms. The number of hydrogen-bond acceptors (Lipinski definition) is 7. The average molecular weight is 369 g/mol. The van der Waals surface area contributed by atoms with Gasteiger partial charge in [-0.3, -0.25) is 14.6 Å². The van der Waals surface area contributed by atoms with Crippen LogP contribution in [-0.4, -0.2) is 76.1 Å². The first kappa shape index (κ1) is 18.5. The normalized spacial score (nSPS) is 26.6. The largest absolute Gasteiger partial charge is 0.481 e. The van der Waals surface area contributed by atoms with Crippen molar-refractivity contribution in [3.63, 3.8) is 0 Å². The molecule has 25 heavy (non-hydrogen) atoms. The lowest BCUT2D eigenvalue weighted by Gasteiger charge is -2.41. The zero-order valence-corrected chi connectivity index (χ0v) is 15.2. The lowest BCUT2D eigenvalue weighted by atomic mass is 9.95. The third-order valence-corrected chi connectivity index (χ3v) is 6.62. The smallest absolute Gasteiger partial charge is 0.304 e. The van der Waals surface area contributed by atoms with Gasteiger partial charge in [-0.25, -0.2) is 0 Å². The number of nitrogens with one attached hydrogen (secondary N) is 1. The molecule has 9 heteroatoms. The Hall–Kier alpha value is -1.32. The highest BCUT2D eigenvalue weighted by atomic mass is 32.2. The number of hydrogen-bond donors (Lipinski definition) is 3. The van der Waals surface area contributed by atoms with Crippen molar-refractivity contribution in [2.24, 2.45) is 16.8 Å². The van der Waals surface area contributed by atoms with Crippen LogP contribution in [0.25, 0.3) is 0 Å². The summed E-state index contributed by atoms with van der Waals surface area (Å²) in [5.74, 6) is -0.679. The van der Waals surface area contributed by atoms with Crippen LogP contribution >= 0.6 is 11.8 Å². The molecule has 1 unspecified atom stereocenters. The van der Waals surface area contributed by atoms with Gasteiger partial charge in [-0.1, -0.05) is 11.8 Å².